The van der Waals surface area contributed by atoms with E-state index in [0.717, 1.165) is 26.7 Å². The number of amides is 1. The highest BCUT2D eigenvalue weighted by molar-refractivity contribution is 9.10. The van der Waals surface area contributed by atoms with Crippen LogP contribution in [0.2, 0.25) is 0 Å². The van der Waals surface area contributed by atoms with E-state index < -0.39 is 11.6 Å². The first-order chi connectivity index (χ1) is 20.1. The zero-order chi connectivity index (χ0) is 28.5. The number of benzene rings is 4. The first-order valence-corrected chi connectivity index (χ1v) is 14.3. The molecule has 0 saturated heterocycles. The Labute approximate surface area is 248 Å². The lowest BCUT2D eigenvalue weighted by atomic mass is 9.82. The van der Waals surface area contributed by atoms with Crippen molar-refractivity contribution < 1.29 is 19.4 Å². The van der Waals surface area contributed by atoms with E-state index in [4.69, 9.17) is 19.6 Å². The summed E-state index contributed by atoms with van der Waals surface area (Å²) in [4.78, 5) is 19.3. The first kappa shape index (κ1) is 28.5. The predicted molar refractivity (Wildman–Crippen MR) is 162 cm³/mol. The van der Waals surface area contributed by atoms with Crippen molar-refractivity contribution in [1.29, 1.82) is 0 Å². The third-order valence-electron chi connectivity index (χ3n) is 6.89. The van der Waals surface area contributed by atoms with Crippen molar-refractivity contribution in [3.05, 3.63) is 136 Å². The molecule has 0 aliphatic carbocycles. The number of aliphatic hydroxyl groups excluding tert-OH is 1. The number of halogens is 1. The number of ether oxygens (including phenoxy) is 2. The second kappa shape index (κ2) is 13.6. The molecule has 0 saturated carbocycles. The second-order valence-corrected chi connectivity index (χ2v) is 10.6. The minimum atomic E-state index is -1.31. The lowest BCUT2D eigenvalue weighted by Gasteiger charge is -2.31. The Morgan fingerprint density at radius 1 is 0.927 bits per heavy atom. The van der Waals surface area contributed by atoms with Crippen LogP contribution in [0.5, 0.6) is 5.75 Å². The molecule has 2 atom stereocenters. The van der Waals surface area contributed by atoms with Crippen LogP contribution in [-0.2, 0) is 22.5 Å². The van der Waals surface area contributed by atoms with Crippen molar-refractivity contribution in [3.63, 3.8) is 0 Å². The molecule has 0 fully saturated rings. The molecule has 0 spiro atoms. The van der Waals surface area contributed by atoms with Crippen LogP contribution in [0.3, 0.4) is 0 Å². The predicted octanol–water partition coefficient (Wildman–Crippen LogP) is 5.53. The van der Waals surface area contributed by atoms with Crippen molar-refractivity contribution in [2.24, 2.45) is 4.99 Å². The molecule has 1 amide bonds. The summed E-state index contributed by atoms with van der Waals surface area (Å²) in [5.74, 6) is 0.769. The summed E-state index contributed by atoms with van der Waals surface area (Å²) in [6, 6.07) is 34.9. The van der Waals surface area contributed by atoms with E-state index in [1.165, 1.54) is 0 Å². The van der Waals surface area contributed by atoms with Gasteiger partial charge in [-0.2, -0.15) is 0 Å². The number of hydrazine groups is 1. The number of nitrogens with one attached hydrogen (secondary N) is 2. The molecule has 0 aromatic heterocycles. The van der Waals surface area contributed by atoms with Gasteiger partial charge in [-0.25, -0.2) is 10.4 Å². The van der Waals surface area contributed by atoms with E-state index in [1.54, 1.807) is 0 Å². The fraction of sp³-hybridized carbons (Fsp3) is 0.212. The van der Waals surface area contributed by atoms with Crippen LogP contribution in [0.4, 0.5) is 0 Å². The van der Waals surface area contributed by atoms with Crippen molar-refractivity contribution in [3.8, 4) is 5.75 Å². The number of aliphatic imine (C=N–C) groups is 1. The second-order valence-electron chi connectivity index (χ2n) is 9.76. The maximum atomic E-state index is 14.2. The van der Waals surface area contributed by atoms with Gasteiger partial charge in [0, 0.05) is 36.0 Å². The molecule has 0 radical (unpaired) electrons. The molecule has 5 rings (SSSR count). The van der Waals surface area contributed by atoms with Gasteiger partial charge in [0.05, 0.1) is 6.61 Å². The Balaban J connectivity index is 1.51. The van der Waals surface area contributed by atoms with E-state index in [9.17, 15) is 4.79 Å². The highest BCUT2D eigenvalue weighted by Gasteiger charge is 2.53. The van der Waals surface area contributed by atoms with Gasteiger partial charge in [-0.05, 0) is 47.0 Å². The normalized spacial score (nSPS) is 17.9. The SMILES string of the molecule is O=C(NNCc1ccccc1)[C@@]1(Cc2ccccc2Br)N=C(c2ccc(OCCCO)cc2)O[C@H]1c1ccccc1. The average Bonchev–Trinajstić information content (AvgIpc) is 3.40. The molecule has 41 heavy (non-hydrogen) atoms. The Morgan fingerprint density at radius 2 is 1.61 bits per heavy atom. The Kier molecular flexibility index (Phi) is 9.46. The van der Waals surface area contributed by atoms with Crippen LogP contribution >= 0.6 is 15.9 Å². The number of rotatable bonds is 12. The van der Waals surface area contributed by atoms with E-state index in [2.05, 4.69) is 26.8 Å². The van der Waals surface area contributed by atoms with Gasteiger partial charge in [0.1, 0.15) is 5.75 Å². The highest BCUT2D eigenvalue weighted by atomic mass is 79.9. The lowest BCUT2D eigenvalue weighted by molar-refractivity contribution is -0.130. The van der Waals surface area contributed by atoms with Crippen molar-refractivity contribution in [1.82, 2.24) is 10.9 Å². The van der Waals surface area contributed by atoms with Gasteiger partial charge in [-0.15, -0.1) is 0 Å². The van der Waals surface area contributed by atoms with E-state index in [0.29, 0.717) is 37.6 Å². The monoisotopic (exact) mass is 613 g/mol. The summed E-state index contributed by atoms with van der Waals surface area (Å²) < 4.78 is 13.1. The molecule has 210 valence electrons. The van der Waals surface area contributed by atoms with E-state index in [1.807, 2.05) is 109 Å². The Morgan fingerprint density at radius 3 is 2.32 bits per heavy atom. The molecule has 4 aromatic rings. The van der Waals surface area contributed by atoms with Gasteiger partial charge in [-0.3, -0.25) is 10.2 Å². The standard InChI is InChI=1S/C33H32BrN3O4/c34-29-15-8-7-14-27(29)22-33(32(39)37-35-23-24-10-3-1-4-11-24)30(25-12-5-2-6-13-25)41-31(36-33)26-16-18-28(19-17-26)40-21-9-20-38/h1-8,10-19,30,35,38H,9,20-23H2,(H,37,39)/t30-,33-/m0/s1. The summed E-state index contributed by atoms with van der Waals surface area (Å²) in [6.07, 6.45) is 0.185. The third-order valence-corrected chi connectivity index (χ3v) is 7.66. The fourth-order valence-electron chi connectivity index (χ4n) is 4.77. The summed E-state index contributed by atoms with van der Waals surface area (Å²) in [5, 5.41) is 9.03. The number of aliphatic hydroxyl groups is 1. The number of carbonyl (C=O) groups is 1. The molecule has 0 bridgehead atoms. The molecule has 7 nitrogen and oxygen atoms in total. The minimum Gasteiger partial charge on any atom is -0.494 e. The van der Waals surface area contributed by atoms with E-state index in [-0.39, 0.29) is 12.5 Å². The largest absolute Gasteiger partial charge is 0.494 e. The summed E-state index contributed by atoms with van der Waals surface area (Å²) >= 11 is 3.66. The number of nitrogens with zero attached hydrogens (tertiary/aromatic N) is 1. The van der Waals surface area contributed by atoms with Gasteiger partial charge < -0.3 is 14.6 Å². The molecule has 4 aromatic carbocycles. The third kappa shape index (κ3) is 6.85. The Bertz CT molecular complexity index is 1470. The van der Waals surface area contributed by atoms with Gasteiger partial charge in [0.2, 0.25) is 5.90 Å². The molecule has 3 N–H and O–H groups in total. The fourth-order valence-corrected chi connectivity index (χ4v) is 5.20. The zero-order valence-electron chi connectivity index (χ0n) is 22.5. The summed E-state index contributed by atoms with van der Waals surface area (Å²) in [6.45, 7) is 0.961. The zero-order valence-corrected chi connectivity index (χ0v) is 24.1. The van der Waals surface area contributed by atoms with E-state index >= 15 is 0 Å². The molecule has 1 aliphatic heterocycles. The topological polar surface area (TPSA) is 92.2 Å². The molecular formula is C33H32BrN3O4. The summed E-state index contributed by atoms with van der Waals surface area (Å²) in [7, 11) is 0. The lowest BCUT2D eigenvalue weighted by Crippen LogP contribution is -2.53. The molecule has 1 heterocycles. The van der Waals surface area contributed by atoms with Crippen LogP contribution < -0.4 is 15.6 Å². The highest BCUT2D eigenvalue weighted by Crippen LogP contribution is 2.43. The minimum absolute atomic E-state index is 0.0749. The van der Waals surface area contributed by atoms with Crippen molar-refractivity contribution in [2.45, 2.75) is 31.0 Å². The van der Waals surface area contributed by atoms with Gasteiger partial charge >= 0.3 is 0 Å². The smallest absolute Gasteiger partial charge is 0.266 e. The first-order valence-electron chi connectivity index (χ1n) is 13.6. The van der Waals surface area contributed by atoms with Crippen LogP contribution in [0.25, 0.3) is 0 Å². The Hall–Kier alpha value is -3.98. The number of carbonyl (C=O) groups excluding carboxylic acids is 1. The maximum absolute atomic E-state index is 14.2. The summed E-state index contributed by atoms with van der Waals surface area (Å²) in [5.41, 5.74) is 8.28. The maximum Gasteiger partial charge on any atom is 0.266 e. The molecular weight excluding hydrogens is 582 g/mol. The quantitative estimate of drug-likeness (QED) is 0.144. The van der Waals surface area contributed by atoms with Crippen LogP contribution in [0.1, 0.15) is 34.8 Å². The van der Waals surface area contributed by atoms with Gasteiger partial charge in [0.15, 0.2) is 11.6 Å². The van der Waals surface area contributed by atoms with Crippen LogP contribution in [0.15, 0.2) is 119 Å². The van der Waals surface area contributed by atoms with Crippen LogP contribution in [-0.4, -0.2) is 35.7 Å². The van der Waals surface area contributed by atoms with Crippen molar-refractivity contribution >= 4 is 27.7 Å². The number of hydrogen-bond donors (Lipinski definition) is 3. The molecule has 1 aliphatic rings. The van der Waals surface area contributed by atoms with Crippen molar-refractivity contribution in [2.75, 3.05) is 13.2 Å². The van der Waals surface area contributed by atoms with Crippen LogP contribution in [0, 0.1) is 0 Å². The molecule has 8 heteroatoms. The van der Waals surface area contributed by atoms with Gasteiger partial charge in [0.25, 0.3) is 5.91 Å². The average molecular weight is 615 g/mol. The number of hydrogen-bond acceptors (Lipinski definition) is 6. The van der Waals surface area contributed by atoms with Gasteiger partial charge in [-0.1, -0.05) is 94.8 Å². The molecule has 0 unspecified atom stereocenters.